The van der Waals surface area contributed by atoms with Gasteiger partial charge >= 0.3 is 5.97 Å². The van der Waals surface area contributed by atoms with Crippen LogP contribution in [0.5, 0.6) is 0 Å². The van der Waals surface area contributed by atoms with Crippen LogP contribution >= 0.6 is 11.9 Å². The summed E-state index contributed by atoms with van der Waals surface area (Å²) in [6.07, 6.45) is 3.94. The van der Waals surface area contributed by atoms with E-state index in [1.807, 2.05) is 7.05 Å². The number of hydrogen-bond acceptors (Lipinski definition) is 9. The Hall–Kier alpha value is -3.08. The molecule has 2 aromatic carbocycles. The predicted molar refractivity (Wildman–Crippen MR) is 161 cm³/mol. The molecule has 1 unspecified atom stereocenters. The van der Waals surface area contributed by atoms with Crippen molar-refractivity contribution >= 4 is 46.6 Å². The Bertz CT molecular complexity index is 1240. The zero-order valence-corrected chi connectivity index (χ0v) is 25.3. The van der Waals surface area contributed by atoms with Crippen molar-refractivity contribution in [2.24, 2.45) is 5.92 Å². The zero-order chi connectivity index (χ0) is 29.1. The summed E-state index contributed by atoms with van der Waals surface area (Å²) in [6.45, 7) is 7.99. The summed E-state index contributed by atoms with van der Waals surface area (Å²) in [6, 6.07) is 15.0. The fourth-order valence-electron chi connectivity index (χ4n) is 4.51. The van der Waals surface area contributed by atoms with E-state index in [1.165, 1.54) is 23.8 Å². The number of methoxy groups -OCH3 is 1. The Labute approximate surface area is 241 Å². The molecule has 9 nitrogen and oxygen atoms in total. The van der Waals surface area contributed by atoms with E-state index in [2.05, 4.69) is 82.3 Å². The molecule has 1 aromatic heterocycles. The van der Waals surface area contributed by atoms with E-state index in [9.17, 15) is 9.59 Å². The van der Waals surface area contributed by atoms with E-state index in [-0.39, 0.29) is 6.61 Å². The number of hydrogen-bond donors (Lipinski definition) is 1. The molecule has 1 aliphatic heterocycles. The van der Waals surface area contributed by atoms with Gasteiger partial charge in [0.05, 0.1) is 11.0 Å². The number of anilines is 2. The van der Waals surface area contributed by atoms with Crippen molar-refractivity contribution in [2.45, 2.75) is 57.1 Å². The third-order valence-corrected chi connectivity index (χ3v) is 7.86. The number of carbonyl (C=O) groups excluding carboxylic acids is 2. The van der Waals surface area contributed by atoms with E-state index in [0.717, 1.165) is 55.3 Å². The molecule has 3 aromatic rings. The molecule has 1 fully saturated rings. The van der Waals surface area contributed by atoms with Gasteiger partial charge in [0.25, 0.3) is 0 Å². The monoisotopic (exact) mass is 570 g/mol. The summed E-state index contributed by atoms with van der Waals surface area (Å²) >= 11 is 1.71. The van der Waals surface area contributed by atoms with Crippen LogP contribution in [-0.2, 0) is 35.9 Å². The molecule has 40 heavy (non-hydrogen) atoms. The maximum atomic E-state index is 9.82. The van der Waals surface area contributed by atoms with Gasteiger partial charge in [0.1, 0.15) is 18.0 Å². The van der Waals surface area contributed by atoms with E-state index < -0.39 is 11.6 Å². The average molecular weight is 571 g/mol. The van der Waals surface area contributed by atoms with Crippen molar-refractivity contribution in [2.75, 3.05) is 50.6 Å². The highest BCUT2D eigenvalue weighted by molar-refractivity contribution is 8.00. The lowest BCUT2D eigenvalue weighted by atomic mass is 10.00. The Balaban J connectivity index is 0.000000559. The second kappa shape index (κ2) is 15.1. The maximum absolute atomic E-state index is 9.82. The number of ether oxygens (including phenoxy) is 3. The van der Waals surface area contributed by atoms with Crippen molar-refractivity contribution < 1.29 is 23.8 Å². The van der Waals surface area contributed by atoms with Gasteiger partial charge in [-0.2, -0.15) is 0 Å². The molecule has 218 valence electrons. The third-order valence-electron chi connectivity index (χ3n) is 6.90. The molecule has 4 rings (SSSR count). The lowest BCUT2D eigenvalue weighted by Gasteiger charge is -2.25. The number of rotatable bonds is 10. The number of benzene rings is 2. The fourth-order valence-corrected chi connectivity index (χ4v) is 5.30. The highest BCUT2D eigenvalue weighted by Gasteiger charge is 2.29. The smallest absolute Gasteiger partial charge is 0.303 e. The average Bonchev–Trinajstić information content (AvgIpc) is 3.12. The highest BCUT2D eigenvalue weighted by Crippen LogP contribution is 2.34. The molecule has 1 saturated heterocycles. The topological polar surface area (TPSA) is 94.9 Å². The number of aromatic nitrogens is 2. The largest absolute Gasteiger partial charge is 0.458 e. The molecule has 0 aliphatic carbocycles. The predicted octanol–water partition coefficient (Wildman–Crippen LogP) is 5.67. The van der Waals surface area contributed by atoms with Crippen LogP contribution in [0.3, 0.4) is 0 Å². The number of esters is 1. The van der Waals surface area contributed by atoms with Crippen molar-refractivity contribution in [1.82, 2.24) is 9.55 Å². The van der Waals surface area contributed by atoms with E-state index in [4.69, 9.17) is 14.5 Å². The molecule has 0 bridgehead atoms. The molecule has 0 radical (unpaired) electrons. The Morgan fingerprint density at radius 1 is 1.23 bits per heavy atom. The lowest BCUT2D eigenvalue weighted by Crippen LogP contribution is -2.26. The van der Waals surface area contributed by atoms with Gasteiger partial charge in [-0.25, -0.2) is 4.98 Å². The van der Waals surface area contributed by atoms with Crippen LogP contribution in [-0.4, -0.2) is 62.8 Å². The van der Waals surface area contributed by atoms with E-state index >= 15 is 0 Å². The molecule has 0 saturated carbocycles. The molecule has 0 spiro atoms. The normalized spacial score (nSPS) is 15.5. The summed E-state index contributed by atoms with van der Waals surface area (Å²) in [4.78, 5) is 25.5. The standard InChI is InChI=1S/C26H36N4O2S.C4H6O3/c1-26(2,31-5)25-28-23-17-21(29(4)33-22-11-8-20(27-3)9-12-22)10-13-24(23)30(25)18-19-7-6-15-32-16-14-19;1-4(6)7-3-2-5/h8-13,17,19,27H,6-7,14-16,18H2,1-5H3;2H,3H2,1H3. The fraction of sp³-hybridized carbons (Fsp3) is 0.500. The minimum absolute atomic E-state index is 0.130. The van der Waals surface area contributed by atoms with Crippen molar-refractivity contribution in [1.29, 1.82) is 0 Å². The van der Waals surface area contributed by atoms with E-state index in [1.54, 1.807) is 19.1 Å². The number of imidazole rings is 1. The Morgan fingerprint density at radius 2 is 1.98 bits per heavy atom. The first-order chi connectivity index (χ1) is 19.2. The first-order valence-electron chi connectivity index (χ1n) is 13.6. The van der Waals surface area contributed by atoms with Gasteiger partial charge in [0.2, 0.25) is 0 Å². The quantitative estimate of drug-likeness (QED) is 0.188. The maximum Gasteiger partial charge on any atom is 0.303 e. The van der Waals surface area contributed by atoms with Crippen LogP contribution in [0.2, 0.25) is 0 Å². The molecule has 1 aliphatic rings. The van der Waals surface area contributed by atoms with Crippen molar-refractivity contribution in [3.05, 3.63) is 48.3 Å². The number of nitrogens with zero attached hydrogens (tertiary/aromatic N) is 3. The van der Waals surface area contributed by atoms with Crippen LogP contribution in [0, 0.1) is 5.92 Å². The van der Waals surface area contributed by atoms with Gasteiger partial charge in [0, 0.05) is 64.2 Å². The first-order valence-corrected chi connectivity index (χ1v) is 14.4. The lowest BCUT2D eigenvalue weighted by molar-refractivity contribution is -0.143. The Morgan fingerprint density at radius 3 is 2.60 bits per heavy atom. The van der Waals surface area contributed by atoms with Gasteiger partial charge in [-0.15, -0.1) is 0 Å². The molecule has 10 heteroatoms. The summed E-state index contributed by atoms with van der Waals surface area (Å²) in [5, 5.41) is 3.17. The van der Waals surface area contributed by atoms with Crippen LogP contribution in [0.25, 0.3) is 11.0 Å². The molecule has 1 atom stereocenters. The highest BCUT2D eigenvalue weighted by atomic mass is 32.2. The molecule has 1 N–H and O–H groups in total. The minimum Gasteiger partial charge on any atom is -0.458 e. The van der Waals surface area contributed by atoms with Gasteiger partial charge < -0.3 is 28.4 Å². The van der Waals surface area contributed by atoms with Crippen molar-refractivity contribution in [3.63, 3.8) is 0 Å². The summed E-state index contributed by atoms with van der Waals surface area (Å²) < 4.78 is 20.3. The van der Waals surface area contributed by atoms with Crippen LogP contribution < -0.4 is 9.62 Å². The second-order valence-electron chi connectivity index (χ2n) is 10.2. The second-order valence-corrected chi connectivity index (χ2v) is 11.4. The Kier molecular flexibility index (Phi) is 11.8. The number of fused-ring (bicyclic) bond motifs is 1. The summed E-state index contributed by atoms with van der Waals surface area (Å²) in [5.74, 6) is 1.15. The van der Waals surface area contributed by atoms with Crippen LogP contribution in [0.15, 0.2) is 47.4 Å². The number of carbonyl (C=O) groups is 2. The van der Waals surface area contributed by atoms with Crippen molar-refractivity contribution in [3.8, 4) is 0 Å². The summed E-state index contributed by atoms with van der Waals surface area (Å²) in [5.41, 5.74) is 3.95. The number of nitrogens with one attached hydrogen (secondary N) is 1. The van der Waals surface area contributed by atoms with Gasteiger partial charge in [-0.05, 0) is 93.4 Å². The zero-order valence-electron chi connectivity index (χ0n) is 24.4. The van der Waals surface area contributed by atoms with Crippen LogP contribution in [0.1, 0.15) is 45.9 Å². The molecular formula is C30H42N4O5S. The van der Waals surface area contributed by atoms with Gasteiger partial charge in [-0.1, -0.05) is 0 Å². The third kappa shape index (κ3) is 8.71. The summed E-state index contributed by atoms with van der Waals surface area (Å²) in [7, 11) is 5.80. The molecule has 0 amide bonds. The van der Waals surface area contributed by atoms with Crippen LogP contribution in [0.4, 0.5) is 11.4 Å². The van der Waals surface area contributed by atoms with Gasteiger partial charge in [0.15, 0.2) is 6.29 Å². The SMILES string of the molecule is CC(=O)OCC=O.CNc1ccc(SN(C)c2ccc3c(c2)nc(C(C)(C)OC)n3CC2CCCOCC2)cc1. The first kappa shape index (κ1) is 31.4. The molecular weight excluding hydrogens is 528 g/mol. The minimum atomic E-state index is -0.462. The van der Waals surface area contributed by atoms with E-state index in [0.29, 0.717) is 12.2 Å². The number of aldehydes is 1. The van der Waals surface area contributed by atoms with Gasteiger partial charge in [-0.3, -0.25) is 9.59 Å². The molecule has 2 heterocycles.